The molecule has 0 bridgehead atoms. The highest BCUT2D eigenvalue weighted by atomic mass is 14.2. The van der Waals surface area contributed by atoms with Crippen LogP contribution in [-0.4, -0.2) is 0 Å². The van der Waals surface area contributed by atoms with E-state index in [0.29, 0.717) is 0 Å². The van der Waals surface area contributed by atoms with Gasteiger partial charge in [0.25, 0.3) is 0 Å². The van der Waals surface area contributed by atoms with Crippen molar-refractivity contribution in [3.05, 3.63) is 24.3 Å². The molecular formula is C16H26. The molecule has 0 aliphatic heterocycles. The summed E-state index contributed by atoms with van der Waals surface area (Å²) in [6, 6.07) is 0. The molecule has 0 heterocycles. The van der Waals surface area contributed by atoms with Crippen LogP contribution < -0.4 is 0 Å². The van der Waals surface area contributed by atoms with Crippen LogP contribution in [0.25, 0.3) is 0 Å². The van der Waals surface area contributed by atoms with E-state index in [2.05, 4.69) is 39.3 Å². The van der Waals surface area contributed by atoms with Gasteiger partial charge in [0.15, 0.2) is 0 Å². The highest BCUT2D eigenvalue weighted by Gasteiger charge is 2.19. The van der Waals surface area contributed by atoms with Crippen molar-refractivity contribution in [2.45, 2.75) is 59.3 Å². The van der Waals surface area contributed by atoms with Crippen molar-refractivity contribution in [1.29, 1.82) is 0 Å². The molecule has 0 spiro atoms. The highest BCUT2D eigenvalue weighted by molar-refractivity contribution is 5.04. The van der Waals surface area contributed by atoms with E-state index in [0.717, 1.165) is 25.7 Å². The lowest BCUT2D eigenvalue weighted by Crippen LogP contribution is -2.13. The molecule has 0 amide bonds. The number of hydrogen-bond donors (Lipinski definition) is 0. The van der Waals surface area contributed by atoms with Crippen LogP contribution in [0.3, 0.4) is 0 Å². The Bertz CT molecular complexity index is 260. The molecule has 0 nitrogen and oxygen atoms in total. The second-order valence-electron chi connectivity index (χ2n) is 5.06. The third-order valence-corrected chi connectivity index (χ3v) is 2.98. The summed E-state index contributed by atoms with van der Waals surface area (Å²) >= 11 is 0. The molecule has 0 saturated heterocycles. The summed E-state index contributed by atoms with van der Waals surface area (Å²) in [4.78, 5) is 0. The van der Waals surface area contributed by atoms with Crippen LogP contribution in [0, 0.1) is 17.8 Å². The molecular weight excluding hydrogens is 192 g/mol. The van der Waals surface area contributed by atoms with E-state index in [9.17, 15) is 0 Å². The zero-order valence-electron chi connectivity index (χ0n) is 11.2. The van der Waals surface area contributed by atoms with Crippen molar-refractivity contribution < 1.29 is 0 Å². The summed E-state index contributed by atoms with van der Waals surface area (Å²) in [7, 11) is 0. The topological polar surface area (TPSA) is 0 Å². The number of hydrogen-bond acceptors (Lipinski definition) is 0. The Balaban J connectivity index is 3.96. The standard InChI is InChI=1S/C16H26/c1-6-8-9-10-13-16(5,7-2)14-11-12-15(3)4/h2,6,12H,1,8-11,13-14H2,3-5H3. The van der Waals surface area contributed by atoms with Gasteiger partial charge in [0.05, 0.1) is 0 Å². The van der Waals surface area contributed by atoms with Crippen molar-refractivity contribution in [2.24, 2.45) is 5.41 Å². The van der Waals surface area contributed by atoms with Gasteiger partial charge in [0.1, 0.15) is 0 Å². The number of allylic oxidation sites excluding steroid dienone is 3. The first-order chi connectivity index (χ1) is 7.54. The summed E-state index contributed by atoms with van der Waals surface area (Å²) in [5, 5.41) is 0. The first-order valence-corrected chi connectivity index (χ1v) is 6.26. The van der Waals surface area contributed by atoms with Crippen molar-refractivity contribution in [3.8, 4) is 12.3 Å². The van der Waals surface area contributed by atoms with Crippen LogP contribution in [0.15, 0.2) is 24.3 Å². The van der Waals surface area contributed by atoms with Gasteiger partial charge in [0, 0.05) is 5.41 Å². The van der Waals surface area contributed by atoms with Gasteiger partial charge < -0.3 is 0 Å². The Morgan fingerprint density at radius 2 is 1.94 bits per heavy atom. The van der Waals surface area contributed by atoms with Crippen molar-refractivity contribution in [2.75, 3.05) is 0 Å². The Kier molecular flexibility index (Phi) is 7.73. The van der Waals surface area contributed by atoms with E-state index in [-0.39, 0.29) is 5.41 Å². The highest BCUT2D eigenvalue weighted by Crippen LogP contribution is 2.29. The average Bonchev–Trinajstić information content (AvgIpc) is 2.24. The molecule has 0 heteroatoms. The van der Waals surface area contributed by atoms with E-state index in [1.807, 2.05) is 6.08 Å². The maximum absolute atomic E-state index is 5.65. The van der Waals surface area contributed by atoms with Crippen molar-refractivity contribution in [3.63, 3.8) is 0 Å². The van der Waals surface area contributed by atoms with Gasteiger partial charge in [-0.1, -0.05) is 24.1 Å². The van der Waals surface area contributed by atoms with Crippen LogP contribution in [0.1, 0.15) is 59.3 Å². The predicted molar refractivity (Wildman–Crippen MR) is 74.3 cm³/mol. The Morgan fingerprint density at radius 3 is 2.44 bits per heavy atom. The largest absolute Gasteiger partial charge is 0.120 e. The number of terminal acetylenes is 1. The second-order valence-corrected chi connectivity index (χ2v) is 5.06. The summed E-state index contributed by atoms with van der Waals surface area (Å²) in [6.07, 6.45) is 16.8. The summed E-state index contributed by atoms with van der Waals surface area (Å²) in [5.74, 6) is 2.97. The molecule has 0 rings (SSSR count). The van der Waals surface area contributed by atoms with E-state index >= 15 is 0 Å². The Labute approximate surface area is 102 Å². The monoisotopic (exact) mass is 218 g/mol. The van der Waals surface area contributed by atoms with E-state index in [4.69, 9.17) is 6.42 Å². The van der Waals surface area contributed by atoms with Gasteiger partial charge >= 0.3 is 0 Å². The maximum Gasteiger partial charge on any atom is 0.0286 e. The quantitative estimate of drug-likeness (QED) is 0.301. The van der Waals surface area contributed by atoms with Gasteiger partial charge in [-0.05, 0) is 52.9 Å². The first-order valence-electron chi connectivity index (χ1n) is 6.26. The van der Waals surface area contributed by atoms with Crippen LogP contribution in [0.4, 0.5) is 0 Å². The molecule has 1 atom stereocenters. The lowest BCUT2D eigenvalue weighted by molar-refractivity contribution is 0.365. The minimum Gasteiger partial charge on any atom is -0.120 e. The molecule has 0 radical (unpaired) electrons. The molecule has 0 aromatic heterocycles. The fourth-order valence-electron chi connectivity index (χ4n) is 1.75. The van der Waals surface area contributed by atoms with Crippen molar-refractivity contribution in [1.82, 2.24) is 0 Å². The first kappa shape index (κ1) is 15.0. The van der Waals surface area contributed by atoms with Gasteiger partial charge in [-0.15, -0.1) is 18.9 Å². The fourth-order valence-corrected chi connectivity index (χ4v) is 1.75. The average molecular weight is 218 g/mol. The minimum absolute atomic E-state index is 0.0765. The smallest absolute Gasteiger partial charge is 0.0286 e. The molecule has 0 aliphatic carbocycles. The molecule has 16 heavy (non-hydrogen) atoms. The van der Waals surface area contributed by atoms with Gasteiger partial charge in [0.2, 0.25) is 0 Å². The Morgan fingerprint density at radius 1 is 1.25 bits per heavy atom. The van der Waals surface area contributed by atoms with E-state index in [1.54, 1.807) is 0 Å². The van der Waals surface area contributed by atoms with Crippen LogP contribution >= 0.6 is 0 Å². The molecule has 0 N–H and O–H groups in total. The molecule has 0 aromatic rings. The van der Waals surface area contributed by atoms with Crippen LogP contribution in [0.2, 0.25) is 0 Å². The lowest BCUT2D eigenvalue weighted by atomic mass is 9.81. The molecule has 0 fully saturated rings. The van der Waals surface area contributed by atoms with Gasteiger partial charge in [-0.25, -0.2) is 0 Å². The third kappa shape index (κ3) is 7.35. The number of unbranched alkanes of at least 4 members (excludes halogenated alkanes) is 2. The van der Waals surface area contributed by atoms with Crippen LogP contribution in [-0.2, 0) is 0 Å². The molecule has 0 saturated carbocycles. The molecule has 0 aliphatic rings. The molecule has 0 aromatic carbocycles. The predicted octanol–water partition coefficient (Wildman–Crippen LogP) is 5.12. The molecule has 1 unspecified atom stereocenters. The van der Waals surface area contributed by atoms with Crippen molar-refractivity contribution >= 4 is 0 Å². The van der Waals surface area contributed by atoms with Crippen LogP contribution in [0.5, 0.6) is 0 Å². The second kappa shape index (κ2) is 8.22. The Hall–Kier alpha value is -0.960. The zero-order chi connectivity index (χ0) is 12.4. The zero-order valence-corrected chi connectivity index (χ0v) is 11.2. The lowest BCUT2D eigenvalue weighted by Gasteiger charge is -2.22. The van der Waals surface area contributed by atoms with E-state index in [1.165, 1.54) is 18.4 Å². The summed E-state index contributed by atoms with van der Waals surface area (Å²) in [6.45, 7) is 10.2. The summed E-state index contributed by atoms with van der Waals surface area (Å²) < 4.78 is 0. The van der Waals surface area contributed by atoms with E-state index < -0.39 is 0 Å². The minimum atomic E-state index is 0.0765. The normalized spacial score (nSPS) is 13.6. The third-order valence-electron chi connectivity index (χ3n) is 2.98. The maximum atomic E-state index is 5.65. The SMILES string of the molecule is C#CC(C)(CCC=C(C)C)CCCCC=C. The summed E-state index contributed by atoms with van der Waals surface area (Å²) in [5.41, 5.74) is 1.46. The van der Waals surface area contributed by atoms with Gasteiger partial charge in [-0.3, -0.25) is 0 Å². The van der Waals surface area contributed by atoms with Gasteiger partial charge in [-0.2, -0.15) is 0 Å². The fraction of sp³-hybridized carbons (Fsp3) is 0.625. The number of rotatable bonds is 8. The molecule has 90 valence electrons.